The number of nitriles is 1. The van der Waals surface area contributed by atoms with Crippen molar-refractivity contribution in [3.05, 3.63) is 60.0 Å². The van der Waals surface area contributed by atoms with Gasteiger partial charge in [0, 0.05) is 17.8 Å². The van der Waals surface area contributed by atoms with Gasteiger partial charge >= 0.3 is 0 Å². The van der Waals surface area contributed by atoms with E-state index in [2.05, 4.69) is 16.2 Å². The number of pyridine rings is 1. The van der Waals surface area contributed by atoms with E-state index >= 15 is 0 Å². The molecule has 0 amide bonds. The fourth-order valence-electron chi connectivity index (χ4n) is 1.91. The van der Waals surface area contributed by atoms with Crippen LogP contribution in [0.15, 0.2) is 48.9 Å². The molecule has 0 saturated heterocycles. The van der Waals surface area contributed by atoms with Crippen LogP contribution < -0.4 is 0 Å². The fraction of sp³-hybridized carbons (Fsp3) is 0.0714. The second-order valence-electron chi connectivity index (χ2n) is 4.05. The van der Waals surface area contributed by atoms with E-state index in [1.165, 1.54) is 0 Å². The molecule has 4 heteroatoms. The molecule has 18 heavy (non-hydrogen) atoms. The van der Waals surface area contributed by atoms with Crippen LogP contribution in [0.2, 0.25) is 0 Å². The van der Waals surface area contributed by atoms with E-state index in [9.17, 15) is 0 Å². The third kappa shape index (κ3) is 1.82. The summed E-state index contributed by atoms with van der Waals surface area (Å²) in [4.78, 5) is 4.07. The normalized spacial score (nSPS) is 10.4. The second-order valence-corrected chi connectivity index (χ2v) is 4.05. The van der Waals surface area contributed by atoms with Gasteiger partial charge in [-0.3, -0.25) is 9.67 Å². The van der Waals surface area contributed by atoms with Gasteiger partial charge in [-0.05, 0) is 23.8 Å². The van der Waals surface area contributed by atoms with Crippen LogP contribution in [-0.2, 0) is 6.54 Å². The van der Waals surface area contributed by atoms with Gasteiger partial charge in [-0.1, -0.05) is 12.1 Å². The molecule has 0 aliphatic carbocycles. The summed E-state index contributed by atoms with van der Waals surface area (Å²) in [6, 6.07) is 11.6. The van der Waals surface area contributed by atoms with Crippen molar-refractivity contribution in [3.8, 4) is 6.07 Å². The third-order valence-electron chi connectivity index (χ3n) is 2.86. The maximum atomic E-state index is 8.75. The molecular weight excluding hydrogens is 224 g/mol. The van der Waals surface area contributed by atoms with Crippen molar-refractivity contribution in [2.24, 2.45) is 0 Å². The molecular formula is C14H10N4. The SMILES string of the molecule is N#Cc1ccc(Cn2ncc3cnccc32)cc1. The number of aromatic nitrogens is 3. The Hall–Kier alpha value is -2.67. The predicted octanol–water partition coefficient (Wildman–Crippen LogP) is 2.35. The number of fused-ring (bicyclic) bond motifs is 1. The molecule has 0 fully saturated rings. The van der Waals surface area contributed by atoms with Gasteiger partial charge in [0.2, 0.25) is 0 Å². The Labute approximate surface area is 104 Å². The van der Waals surface area contributed by atoms with Gasteiger partial charge in [0.05, 0.1) is 29.9 Å². The topological polar surface area (TPSA) is 54.5 Å². The van der Waals surface area contributed by atoms with Crippen molar-refractivity contribution in [2.75, 3.05) is 0 Å². The van der Waals surface area contributed by atoms with Gasteiger partial charge in [0.15, 0.2) is 0 Å². The smallest absolute Gasteiger partial charge is 0.0991 e. The molecule has 0 aliphatic rings. The first-order valence-electron chi connectivity index (χ1n) is 5.61. The zero-order chi connectivity index (χ0) is 12.4. The fourth-order valence-corrected chi connectivity index (χ4v) is 1.91. The molecule has 0 unspecified atom stereocenters. The van der Waals surface area contributed by atoms with E-state index in [0.29, 0.717) is 12.1 Å². The molecule has 3 rings (SSSR count). The molecule has 0 bridgehead atoms. The molecule has 0 aliphatic heterocycles. The van der Waals surface area contributed by atoms with Crippen LogP contribution in [0.4, 0.5) is 0 Å². The minimum atomic E-state index is 0.674. The standard InChI is InChI=1S/C14H10N4/c15-7-11-1-3-12(4-2-11)10-18-14-5-6-16-8-13(14)9-17-18/h1-6,8-9H,10H2. The van der Waals surface area contributed by atoms with Crippen LogP contribution in [0.5, 0.6) is 0 Å². The molecule has 86 valence electrons. The highest BCUT2D eigenvalue weighted by molar-refractivity contribution is 5.77. The van der Waals surface area contributed by atoms with Crippen molar-refractivity contribution in [2.45, 2.75) is 6.54 Å². The minimum absolute atomic E-state index is 0.674. The summed E-state index contributed by atoms with van der Waals surface area (Å²) in [5.74, 6) is 0. The van der Waals surface area contributed by atoms with Gasteiger partial charge in [0.25, 0.3) is 0 Å². The molecule has 2 heterocycles. The second kappa shape index (κ2) is 4.30. The molecule has 0 radical (unpaired) electrons. The quantitative estimate of drug-likeness (QED) is 0.684. The van der Waals surface area contributed by atoms with Gasteiger partial charge in [-0.2, -0.15) is 10.4 Å². The molecule has 2 aromatic heterocycles. The minimum Gasteiger partial charge on any atom is -0.264 e. The highest BCUT2D eigenvalue weighted by Gasteiger charge is 2.02. The van der Waals surface area contributed by atoms with Crippen LogP contribution in [0.1, 0.15) is 11.1 Å². The first-order valence-corrected chi connectivity index (χ1v) is 5.61. The van der Waals surface area contributed by atoms with Crippen molar-refractivity contribution in [1.29, 1.82) is 5.26 Å². The van der Waals surface area contributed by atoms with Crippen LogP contribution in [0.25, 0.3) is 10.9 Å². The van der Waals surface area contributed by atoms with E-state index in [0.717, 1.165) is 16.5 Å². The Bertz CT molecular complexity index is 719. The third-order valence-corrected chi connectivity index (χ3v) is 2.86. The molecule has 4 nitrogen and oxygen atoms in total. The molecule has 3 aromatic rings. The lowest BCUT2D eigenvalue weighted by Gasteiger charge is -2.03. The van der Waals surface area contributed by atoms with Crippen LogP contribution >= 0.6 is 0 Å². The summed E-state index contributed by atoms with van der Waals surface area (Å²) in [6.07, 6.45) is 5.38. The van der Waals surface area contributed by atoms with Crippen LogP contribution in [-0.4, -0.2) is 14.8 Å². The largest absolute Gasteiger partial charge is 0.264 e. The van der Waals surface area contributed by atoms with Crippen LogP contribution in [0, 0.1) is 11.3 Å². The van der Waals surface area contributed by atoms with E-state index in [1.54, 1.807) is 12.4 Å². The number of hydrogen-bond donors (Lipinski definition) is 0. The highest BCUT2D eigenvalue weighted by atomic mass is 15.3. The van der Waals surface area contributed by atoms with Crippen molar-refractivity contribution >= 4 is 10.9 Å². The van der Waals surface area contributed by atoms with Crippen molar-refractivity contribution in [3.63, 3.8) is 0 Å². The Kier molecular flexibility index (Phi) is 2.50. The number of hydrogen-bond acceptors (Lipinski definition) is 3. The van der Waals surface area contributed by atoms with E-state index in [1.807, 2.05) is 41.2 Å². The Morgan fingerprint density at radius 1 is 1.11 bits per heavy atom. The van der Waals surface area contributed by atoms with E-state index < -0.39 is 0 Å². The number of benzene rings is 1. The van der Waals surface area contributed by atoms with Crippen molar-refractivity contribution in [1.82, 2.24) is 14.8 Å². The molecule has 0 spiro atoms. The van der Waals surface area contributed by atoms with Gasteiger partial charge in [-0.15, -0.1) is 0 Å². The maximum Gasteiger partial charge on any atom is 0.0991 e. The van der Waals surface area contributed by atoms with Gasteiger partial charge < -0.3 is 0 Å². The lowest BCUT2D eigenvalue weighted by atomic mass is 10.1. The lowest BCUT2D eigenvalue weighted by molar-refractivity contribution is 0.712. The van der Waals surface area contributed by atoms with Gasteiger partial charge in [-0.25, -0.2) is 0 Å². The van der Waals surface area contributed by atoms with E-state index in [4.69, 9.17) is 5.26 Å². The predicted molar refractivity (Wildman–Crippen MR) is 67.8 cm³/mol. The molecule has 0 atom stereocenters. The zero-order valence-electron chi connectivity index (χ0n) is 9.61. The summed E-state index contributed by atoms with van der Waals surface area (Å²) in [7, 11) is 0. The average Bonchev–Trinajstić information content (AvgIpc) is 2.83. The Balaban J connectivity index is 1.94. The summed E-state index contributed by atoms with van der Waals surface area (Å²) in [5.41, 5.74) is 2.86. The molecule has 0 saturated carbocycles. The van der Waals surface area contributed by atoms with Gasteiger partial charge in [0.1, 0.15) is 0 Å². The summed E-state index contributed by atoms with van der Waals surface area (Å²) < 4.78 is 1.93. The number of rotatable bonds is 2. The summed E-state index contributed by atoms with van der Waals surface area (Å²) >= 11 is 0. The maximum absolute atomic E-state index is 8.75. The monoisotopic (exact) mass is 234 g/mol. The average molecular weight is 234 g/mol. The Morgan fingerprint density at radius 2 is 1.94 bits per heavy atom. The molecule has 0 N–H and O–H groups in total. The van der Waals surface area contributed by atoms with E-state index in [-0.39, 0.29) is 0 Å². The van der Waals surface area contributed by atoms with Crippen LogP contribution in [0.3, 0.4) is 0 Å². The molecule has 1 aromatic carbocycles. The lowest BCUT2D eigenvalue weighted by Crippen LogP contribution is -2.01. The highest BCUT2D eigenvalue weighted by Crippen LogP contribution is 2.13. The first kappa shape index (κ1) is 10.5. The summed E-state index contributed by atoms with van der Waals surface area (Å²) in [5, 5.41) is 14.1. The number of nitrogens with zero attached hydrogens (tertiary/aromatic N) is 4. The van der Waals surface area contributed by atoms with Crippen molar-refractivity contribution < 1.29 is 0 Å². The first-order chi connectivity index (χ1) is 8.86. The zero-order valence-corrected chi connectivity index (χ0v) is 9.61. The Morgan fingerprint density at radius 3 is 2.72 bits per heavy atom. The summed E-state index contributed by atoms with van der Waals surface area (Å²) in [6.45, 7) is 0.694.